The van der Waals surface area contributed by atoms with Crippen LogP contribution in [0.25, 0.3) is 0 Å². The summed E-state index contributed by atoms with van der Waals surface area (Å²) in [6.45, 7) is 4.27. The van der Waals surface area contributed by atoms with Gasteiger partial charge in [-0.3, -0.25) is 0 Å². The third-order valence-electron chi connectivity index (χ3n) is 3.19. The summed E-state index contributed by atoms with van der Waals surface area (Å²) in [7, 11) is 0. The van der Waals surface area contributed by atoms with E-state index in [2.05, 4.69) is 26.0 Å². The number of aldehydes is 1. The molecule has 0 unspecified atom stereocenters. The van der Waals surface area contributed by atoms with E-state index in [1.807, 2.05) is 18.2 Å². The summed E-state index contributed by atoms with van der Waals surface area (Å²) in [6, 6.07) is 10.2. The van der Waals surface area contributed by atoms with Crippen LogP contribution >= 0.6 is 11.8 Å². The molecule has 0 bridgehead atoms. The number of benzene rings is 1. The van der Waals surface area contributed by atoms with Crippen molar-refractivity contribution in [1.82, 2.24) is 0 Å². The van der Waals surface area contributed by atoms with Gasteiger partial charge in [0.25, 0.3) is 0 Å². The fraction of sp³-hybridized carbons (Fsp3) is 0.500. The Kier molecular flexibility index (Phi) is 4.24. The maximum Gasteiger partial charge on any atom is 0.149 e. The van der Waals surface area contributed by atoms with Gasteiger partial charge in [-0.1, -0.05) is 43.8 Å². The highest BCUT2D eigenvalue weighted by molar-refractivity contribution is 7.99. The van der Waals surface area contributed by atoms with Crippen molar-refractivity contribution in [3.63, 3.8) is 0 Å². The van der Waals surface area contributed by atoms with Crippen molar-refractivity contribution in [3.8, 4) is 0 Å². The summed E-state index contributed by atoms with van der Waals surface area (Å²) in [5, 5.41) is 0. The first-order chi connectivity index (χ1) is 8.20. The minimum absolute atomic E-state index is 0.0869. The van der Waals surface area contributed by atoms with Crippen molar-refractivity contribution >= 4 is 18.0 Å². The van der Waals surface area contributed by atoms with E-state index < -0.39 is 0 Å². The number of hydrogen-bond donors (Lipinski definition) is 0. The number of carbonyl (C=O) groups excluding carboxylic acids is 1. The van der Waals surface area contributed by atoms with E-state index in [4.69, 9.17) is 4.74 Å². The molecule has 1 aromatic rings. The molecule has 1 aromatic carbocycles. The van der Waals surface area contributed by atoms with Gasteiger partial charge >= 0.3 is 0 Å². The van der Waals surface area contributed by atoms with E-state index in [1.54, 1.807) is 11.8 Å². The Bertz CT molecular complexity index is 366. The lowest BCUT2D eigenvalue weighted by Gasteiger charge is -2.36. The van der Waals surface area contributed by atoms with Crippen LogP contribution in [0.1, 0.15) is 20.3 Å². The van der Waals surface area contributed by atoms with E-state index in [9.17, 15) is 4.79 Å². The quantitative estimate of drug-likeness (QED) is 0.769. The fourth-order valence-corrected chi connectivity index (χ4v) is 3.31. The predicted octanol–water partition coefficient (Wildman–Crippen LogP) is 3.36. The monoisotopic (exact) mass is 250 g/mol. The molecule has 0 N–H and O–H groups in total. The smallest absolute Gasteiger partial charge is 0.149 e. The molecule has 2 rings (SSSR count). The van der Waals surface area contributed by atoms with E-state index >= 15 is 0 Å². The summed E-state index contributed by atoms with van der Waals surface area (Å²) in [4.78, 5) is 12.1. The Balaban J connectivity index is 2.03. The van der Waals surface area contributed by atoms with Gasteiger partial charge < -0.3 is 9.53 Å². The lowest BCUT2D eigenvalue weighted by molar-refractivity contribution is -0.129. The molecule has 1 aliphatic heterocycles. The number of rotatable bonds is 3. The van der Waals surface area contributed by atoms with Crippen LogP contribution in [0.5, 0.6) is 0 Å². The first-order valence-corrected chi connectivity index (χ1v) is 6.91. The number of hydrogen-bond acceptors (Lipinski definition) is 3. The van der Waals surface area contributed by atoms with Gasteiger partial charge in [-0.15, -0.1) is 0 Å². The molecule has 2 nitrogen and oxygen atoms in total. The van der Waals surface area contributed by atoms with Crippen LogP contribution in [-0.4, -0.2) is 17.8 Å². The predicted molar refractivity (Wildman–Crippen MR) is 70.0 cm³/mol. The van der Waals surface area contributed by atoms with Crippen LogP contribution < -0.4 is 0 Å². The van der Waals surface area contributed by atoms with Gasteiger partial charge in [0.2, 0.25) is 0 Å². The van der Waals surface area contributed by atoms with Crippen molar-refractivity contribution in [2.45, 2.75) is 36.7 Å². The molecule has 1 fully saturated rings. The SMILES string of the molecule is C[C@@H]1C[C@H](C)[C@@H](Sc2ccccc2)O[C@H]1C=O. The number of carbonyl (C=O) groups is 1. The third-order valence-corrected chi connectivity index (χ3v) is 4.54. The normalized spacial score (nSPS) is 33.3. The zero-order valence-electron chi connectivity index (χ0n) is 10.2. The van der Waals surface area contributed by atoms with Gasteiger partial charge in [-0.2, -0.15) is 0 Å². The largest absolute Gasteiger partial charge is 0.356 e. The van der Waals surface area contributed by atoms with E-state index in [1.165, 1.54) is 4.90 Å². The molecule has 1 aliphatic rings. The van der Waals surface area contributed by atoms with Crippen molar-refractivity contribution in [2.75, 3.05) is 0 Å². The first kappa shape index (κ1) is 12.7. The summed E-state index contributed by atoms with van der Waals surface area (Å²) < 4.78 is 5.86. The Labute approximate surface area is 107 Å². The van der Waals surface area contributed by atoms with Gasteiger partial charge in [-0.05, 0) is 30.4 Å². The Morgan fingerprint density at radius 1 is 1.24 bits per heavy atom. The first-order valence-electron chi connectivity index (χ1n) is 6.03. The van der Waals surface area contributed by atoms with Crippen molar-refractivity contribution in [1.29, 1.82) is 0 Å². The molecule has 0 aromatic heterocycles. The van der Waals surface area contributed by atoms with Crippen LogP contribution in [0.2, 0.25) is 0 Å². The fourth-order valence-electron chi connectivity index (χ4n) is 2.20. The molecule has 0 aliphatic carbocycles. The average Bonchev–Trinajstić information content (AvgIpc) is 2.34. The van der Waals surface area contributed by atoms with Crippen molar-refractivity contribution < 1.29 is 9.53 Å². The molecule has 0 saturated carbocycles. The second-order valence-electron chi connectivity index (χ2n) is 4.73. The molecule has 1 heterocycles. The molecule has 0 amide bonds. The van der Waals surface area contributed by atoms with Gasteiger partial charge in [-0.25, -0.2) is 0 Å². The zero-order chi connectivity index (χ0) is 12.3. The Morgan fingerprint density at radius 3 is 2.59 bits per heavy atom. The van der Waals surface area contributed by atoms with Crippen LogP contribution in [0.15, 0.2) is 35.2 Å². The van der Waals surface area contributed by atoms with E-state index in [-0.39, 0.29) is 11.5 Å². The van der Waals surface area contributed by atoms with Gasteiger partial charge in [0.1, 0.15) is 17.8 Å². The van der Waals surface area contributed by atoms with E-state index in [0.717, 1.165) is 12.7 Å². The summed E-state index contributed by atoms with van der Waals surface area (Å²) >= 11 is 1.71. The lowest BCUT2D eigenvalue weighted by atomic mass is 9.91. The Morgan fingerprint density at radius 2 is 1.94 bits per heavy atom. The maximum absolute atomic E-state index is 10.9. The number of ether oxygens (including phenoxy) is 1. The minimum atomic E-state index is -0.243. The molecule has 0 spiro atoms. The van der Waals surface area contributed by atoms with E-state index in [0.29, 0.717) is 11.8 Å². The highest BCUT2D eigenvalue weighted by Gasteiger charge is 2.33. The standard InChI is InChI=1S/C14H18O2S/c1-10-8-11(2)14(16-13(10)9-15)17-12-6-4-3-5-7-12/h3-7,9-11,13-14H,8H2,1-2H3/t10-,11+,13+,14-/m1/s1. The second-order valence-corrected chi connectivity index (χ2v) is 5.90. The van der Waals surface area contributed by atoms with Crippen molar-refractivity contribution in [2.24, 2.45) is 11.8 Å². The molecule has 1 saturated heterocycles. The Hall–Kier alpha value is -0.800. The van der Waals surface area contributed by atoms with Crippen LogP contribution in [0, 0.1) is 11.8 Å². The van der Waals surface area contributed by atoms with Gasteiger partial charge in [0, 0.05) is 4.90 Å². The van der Waals surface area contributed by atoms with Crippen LogP contribution in [0.3, 0.4) is 0 Å². The van der Waals surface area contributed by atoms with Crippen LogP contribution in [-0.2, 0) is 9.53 Å². The summed E-state index contributed by atoms with van der Waals surface area (Å²) in [5.74, 6) is 0.807. The highest BCUT2D eigenvalue weighted by atomic mass is 32.2. The molecule has 3 heteroatoms. The molecular weight excluding hydrogens is 232 g/mol. The molecule has 0 radical (unpaired) electrons. The van der Waals surface area contributed by atoms with Gasteiger partial charge in [0.05, 0.1) is 0 Å². The molecule has 17 heavy (non-hydrogen) atoms. The maximum atomic E-state index is 10.9. The second kappa shape index (κ2) is 5.69. The lowest BCUT2D eigenvalue weighted by Crippen LogP contribution is -2.38. The number of thioether (sulfide) groups is 1. The summed E-state index contributed by atoms with van der Waals surface area (Å²) in [5.41, 5.74) is 0.0869. The van der Waals surface area contributed by atoms with Crippen LogP contribution in [0.4, 0.5) is 0 Å². The highest BCUT2D eigenvalue weighted by Crippen LogP contribution is 2.37. The zero-order valence-corrected chi connectivity index (χ0v) is 11.0. The minimum Gasteiger partial charge on any atom is -0.356 e. The van der Waals surface area contributed by atoms with Crippen molar-refractivity contribution in [3.05, 3.63) is 30.3 Å². The average molecular weight is 250 g/mol. The summed E-state index contributed by atoms with van der Waals surface area (Å²) in [6.07, 6.45) is 1.75. The topological polar surface area (TPSA) is 26.3 Å². The molecule has 4 atom stereocenters. The molecule has 92 valence electrons. The molecular formula is C14H18O2S. The van der Waals surface area contributed by atoms with Gasteiger partial charge in [0.15, 0.2) is 0 Å². The third kappa shape index (κ3) is 3.11.